The molecule has 2 saturated heterocycles. The molecule has 14 atom stereocenters. The van der Waals surface area contributed by atoms with Crippen LogP contribution in [0.5, 0.6) is 0 Å². The van der Waals surface area contributed by atoms with Crippen LogP contribution in [0.4, 0.5) is 0 Å². The average Bonchev–Trinajstić information content (AvgIpc) is 3.83. The summed E-state index contributed by atoms with van der Waals surface area (Å²) < 4.78 is 0. The molecule has 14 unspecified atom stereocenters. The molecular weight excluding hydrogens is 781 g/mol. The number of aliphatic hydroxyl groups is 8. The standard InChI is InChI=1S/C47H74N4O10/c1-26(37(54)10-7-11-38(55)27(2)13-18-33(53)24-31-9-8-22-51(31)46(48)49)12-16-32(52)17-14-28(3)42(58)29(4)15-19-35-30(5)23-34-36(20-21-39(56)43(34)59)47(35,6)44(60)41-40(57)25-50-45(41)61/h7,10,12-14,16,23,26,29,31-39,42-43,52-56,58-60H,8-9,11,15,17-22,24-25H2,1-6H3,(H3,48,49)(H,50,61)/b10-7+,16-12+,27-13-,28-14+,44-41-. The highest BCUT2D eigenvalue weighted by atomic mass is 16.3. The van der Waals surface area contributed by atoms with E-state index in [0.29, 0.717) is 44.1 Å². The zero-order chi connectivity index (χ0) is 45.3. The number of Topliss-reactive ketones (excluding diaryl/α,β-unsaturated/α-hetero) is 1. The highest BCUT2D eigenvalue weighted by Gasteiger charge is 2.56. The number of hydrogen-bond donors (Lipinski definition) is 11. The minimum Gasteiger partial charge on any atom is -0.511 e. The molecule has 2 aliphatic carbocycles. The zero-order valence-electron chi connectivity index (χ0n) is 37.0. The number of carbonyl (C=O) groups is 2. The Balaban J connectivity index is 1.28. The SMILES string of the molecule is CC1=CC2C(O)C(O)CCC2C(C)(/C(O)=C2\C(=O)CNC2=O)C1CCC(C)C(O)/C(C)=C/CC(O)/C=C/C(C)C(O)/C=C/CC(O)/C(C)=C\CC(O)CC1CCCN1C(=N)N. The molecule has 3 fully saturated rings. The molecular formula is C47H74N4O10. The summed E-state index contributed by atoms with van der Waals surface area (Å²) in [6.45, 7) is 11.6. The first-order chi connectivity index (χ1) is 28.7. The predicted molar refractivity (Wildman–Crippen MR) is 235 cm³/mol. The summed E-state index contributed by atoms with van der Waals surface area (Å²) in [6.07, 6.45) is 11.4. The van der Waals surface area contributed by atoms with Gasteiger partial charge in [-0.05, 0) is 114 Å². The van der Waals surface area contributed by atoms with E-state index >= 15 is 0 Å². The largest absolute Gasteiger partial charge is 0.511 e. The number of nitrogens with one attached hydrogen (secondary N) is 2. The van der Waals surface area contributed by atoms with Crippen LogP contribution in [0.15, 0.2) is 70.6 Å². The van der Waals surface area contributed by atoms with Gasteiger partial charge in [-0.3, -0.25) is 15.0 Å². The van der Waals surface area contributed by atoms with Crippen molar-refractivity contribution in [2.75, 3.05) is 13.1 Å². The third-order valence-corrected chi connectivity index (χ3v) is 14.1. The van der Waals surface area contributed by atoms with Crippen molar-refractivity contribution in [2.45, 2.75) is 155 Å². The molecule has 1 saturated carbocycles. The molecule has 0 radical (unpaired) electrons. The maximum absolute atomic E-state index is 12.8. The summed E-state index contributed by atoms with van der Waals surface area (Å²) in [5.74, 6) is -3.02. The first-order valence-electron chi connectivity index (χ1n) is 22.2. The Labute approximate surface area is 361 Å². The van der Waals surface area contributed by atoms with Crippen LogP contribution < -0.4 is 11.1 Å². The topological polar surface area (TPSA) is 261 Å². The van der Waals surface area contributed by atoms with Crippen LogP contribution in [-0.2, 0) is 9.59 Å². The summed E-state index contributed by atoms with van der Waals surface area (Å²) in [5, 5.41) is 97.4. The van der Waals surface area contributed by atoms with Crippen LogP contribution in [0.25, 0.3) is 0 Å². The van der Waals surface area contributed by atoms with E-state index in [0.717, 1.165) is 30.5 Å². The second kappa shape index (κ2) is 22.1. The number of guanidine groups is 1. The van der Waals surface area contributed by atoms with Crippen LogP contribution in [0, 0.1) is 40.4 Å². The normalized spacial score (nSPS) is 32.0. The van der Waals surface area contributed by atoms with Gasteiger partial charge in [-0.15, -0.1) is 0 Å². The first kappa shape index (κ1) is 50.0. The maximum atomic E-state index is 12.8. The van der Waals surface area contributed by atoms with E-state index in [9.17, 15) is 50.4 Å². The lowest BCUT2D eigenvalue weighted by Crippen LogP contribution is -2.53. The highest BCUT2D eigenvalue weighted by molar-refractivity contribution is 6.25. The van der Waals surface area contributed by atoms with E-state index in [1.165, 1.54) is 0 Å². The van der Waals surface area contributed by atoms with Crippen LogP contribution in [0.1, 0.15) is 106 Å². The van der Waals surface area contributed by atoms with Crippen molar-refractivity contribution in [1.29, 1.82) is 5.41 Å². The second-order valence-corrected chi connectivity index (χ2v) is 18.5. The van der Waals surface area contributed by atoms with Crippen LogP contribution in [0.3, 0.4) is 0 Å². The molecule has 1 amide bonds. The van der Waals surface area contributed by atoms with Crippen molar-refractivity contribution < 1.29 is 50.4 Å². The Morgan fingerprint density at radius 1 is 1.00 bits per heavy atom. The smallest absolute Gasteiger partial charge is 0.258 e. The summed E-state index contributed by atoms with van der Waals surface area (Å²) in [7, 11) is 0. The van der Waals surface area contributed by atoms with E-state index < -0.39 is 65.8 Å². The Kier molecular flexibility index (Phi) is 18.1. The van der Waals surface area contributed by atoms with Gasteiger partial charge in [0.1, 0.15) is 11.3 Å². The number of ketones is 1. The van der Waals surface area contributed by atoms with Gasteiger partial charge in [0, 0.05) is 29.8 Å². The molecule has 12 N–H and O–H groups in total. The van der Waals surface area contributed by atoms with E-state index in [-0.39, 0.29) is 66.4 Å². The average molecular weight is 855 g/mol. The van der Waals surface area contributed by atoms with Crippen molar-refractivity contribution in [3.8, 4) is 0 Å². The van der Waals surface area contributed by atoms with Crippen LogP contribution in [-0.4, -0.2) is 125 Å². The van der Waals surface area contributed by atoms with Crippen LogP contribution in [0.2, 0.25) is 0 Å². The minimum absolute atomic E-state index is 0.0283. The van der Waals surface area contributed by atoms with Crippen molar-refractivity contribution in [2.24, 2.45) is 40.7 Å². The molecule has 0 spiro atoms. The summed E-state index contributed by atoms with van der Waals surface area (Å²) >= 11 is 0. The molecule has 342 valence electrons. The fraction of sp³-hybridized carbons (Fsp3) is 0.681. The number of carbonyl (C=O) groups excluding carboxylic acids is 2. The van der Waals surface area contributed by atoms with Crippen molar-refractivity contribution >= 4 is 17.6 Å². The highest BCUT2D eigenvalue weighted by Crippen LogP contribution is 2.58. The Hall–Kier alpha value is -3.63. The Bertz CT molecular complexity index is 1720. The summed E-state index contributed by atoms with van der Waals surface area (Å²) in [6, 6.07) is 0.0491. The monoisotopic (exact) mass is 855 g/mol. The molecule has 0 aromatic carbocycles. The molecule has 14 heteroatoms. The van der Waals surface area contributed by atoms with Gasteiger partial charge in [0.15, 0.2) is 11.7 Å². The second-order valence-electron chi connectivity index (χ2n) is 18.5. The number of nitrogens with two attached hydrogens (primary N) is 1. The van der Waals surface area contributed by atoms with Crippen LogP contribution >= 0.6 is 0 Å². The summed E-state index contributed by atoms with van der Waals surface area (Å²) in [4.78, 5) is 27.3. The molecule has 2 aliphatic heterocycles. The predicted octanol–water partition coefficient (Wildman–Crippen LogP) is 3.61. The first-order valence-corrected chi connectivity index (χ1v) is 22.2. The fourth-order valence-corrected chi connectivity index (χ4v) is 10.0. The molecule has 2 heterocycles. The molecule has 61 heavy (non-hydrogen) atoms. The number of likely N-dealkylation sites (tertiary alicyclic amines) is 1. The number of aliphatic hydroxyl groups excluding tert-OH is 8. The number of fused-ring (bicyclic) bond motifs is 1. The number of amides is 1. The Morgan fingerprint density at radius 2 is 1.69 bits per heavy atom. The third kappa shape index (κ3) is 12.3. The maximum Gasteiger partial charge on any atom is 0.258 e. The van der Waals surface area contributed by atoms with Crippen molar-refractivity contribution in [1.82, 2.24) is 10.2 Å². The Morgan fingerprint density at radius 3 is 2.34 bits per heavy atom. The molecule has 4 rings (SSSR count). The quantitative estimate of drug-likeness (QED) is 0.0223. The lowest BCUT2D eigenvalue weighted by molar-refractivity contribution is -0.118. The van der Waals surface area contributed by atoms with Crippen molar-refractivity contribution in [3.63, 3.8) is 0 Å². The van der Waals surface area contributed by atoms with Gasteiger partial charge in [-0.25, -0.2) is 0 Å². The third-order valence-electron chi connectivity index (χ3n) is 14.1. The minimum atomic E-state index is -1.08. The van der Waals surface area contributed by atoms with Gasteiger partial charge in [0.2, 0.25) is 0 Å². The van der Waals surface area contributed by atoms with E-state index in [1.54, 1.807) is 44.2 Å². The van der Waals surface area contributed by atoms with Gasteiger partial charge in [0.25, 0.3) is 5.91 Å². The van der Waals surface area contributed by atoms with E-state index in [2.05, 4.69) is 5.32 Å². The lowest BCUT2D eigenvalue weighted by atomic mass is 9.51. The van der Waals surface area contributed by atoms with E-state index in [1.807, 2.05) is 44.7 Å². The molecule has 0 aromatic heterocycles. The van der Waals surface area contributed by atoms with Gasteiger partial charge in [-0.1, -0.05) is 68.9 Å². The van der Waals surface area contributed by atoms with E-state index in [4.69, 9.17) is 11.1 Å². The lowest BCUT2D eigenvalue weighted by Gasteiger charge is -2.54. The molecule has 4 aliphatic rings. The molecule has 14 nitrogen and oxygen atoms in total. The van der Waals surface area contributed by atoms with Gasteiger partial charge in [-0.2, -0.15) is 0 Å². The van der Waals surface area contributed by atoms with Crippen molar-refractivity contribution in [3.05, 3.63) is 70.6 Å². The number of nitrogens with zero attached hydrogens (tertiary/aromatic N) is 1. The zero-order valence-corrected chi connectivity index (χ0v) is 37.0. The molecule has 0 aromatic rings. The van der Waals surface area contributed by atoms with Gasteiger partial charge < -0.3 is 56.8 Å². The molecule has 0 bridgehead atoms. The summed E-state index contributed by atoms with van der Waals surface area (Å²) in [5.41, 5.74) is 6.61. The fourth-order valence-electron chi connectivity index (χ4n) is 10.0. The number of rotatable bonds is 19. The number of allylic oxidation sites excluding steroid dienone is 2. The van der Waals surface area contributed by atoms with Gasteiger partial charge in [0.05, 0.1) is 49.3 Å². The number of hydrogen-bond acceptors (Lipinski definition) is 11. The van der Waals surface area contributed by atoms with Gasteiger partial charge >= 0.3 is 0 Å².